The van der Waals surface area contributed by atoms with Crippen molar-refractivity contribution in [3.63, 3.8) is 0 Å². The summed E-state index contributed by atoms with van der Waals surface area (Å²) < 4.78 is 1.67. The molecule has 22 heavy (non-hydrogen) atoms. The van der Waals surface area contributed by atoms with Crippen LogP contribution in [-0.4, -0.2) is 43.0 Å². The van der Waals surface area contributed by atoms with Crippen LogP contribution in [0.5, 0.6) is 0 Å². The van der Waals surface area contributed by atoms with Crippen LogP contribution in [0.1, 0.15) is 69.2 Å². The molecule has 3 N–H and O–H groups in total. The maximum atomic E-state index is 9.65. The molecule has 1 unspecified atom stereocenters. The van der Waals surface area contributed by atoms with Crippen LogP contribution >= 0.6 is 0 Å². The van der Waals surface area contributed by atoms with E-state index < -0.39 is 6.10 Å². The summed E-state index contributed by atoms with van der Waals surface area (Å²) in [5.41, 5.74) is 1.56. The molecule has 6 heteroatoms. The minimum atomic E-state index is -0.840. The van der Waals surface area contributed by atoms with Crippen LogP contribution in [0.4, 0.5) is 0 Å². The van der Waals surface area contributed by atoms with Gasteiger partial charge in [-0.3, -0.25) is 0 Å². The molecule has 1 aromatic heterocycles. The molecule has 0 amide bonds. The first-order valence-electron chi connectivity index (χ1n) is 8.51. The number of rotatable bonds is 8. The van der Waals surface area contributed by atoms with E-state index in [-0.39, 0.29) is 19.8 Å². The maximum Gasteiger partial charge on any atom is 0.112 e. The Labute approximate surface area is 132 Å². The molecule has 0 aromatic carbocycles. The smallest absolute Gasteiger partial charge is 0.112 e. The Balaban J connectivity index is 2.03. The minimum Gasteiger partial charge on any atom is -0.394 e. The highest BCUT2D eigenvalue weighted by Gasteiger charge is 2.28. The van der Waals surface area contributed by atoms with E-state index in [0.29, 0.717) is 11.6 Å². The van der Waals surface area contributed by atoms with Crippen molar-refractivity contribution >= 4 is 0 Å². The molecular weight excluding hydrogens is 282 g/mol. The fourth-order valence-corrected chi connectivity index (χ4v) is 3.52. The predicted molar refractivity (Wildman–Crippen MR) is 83.3 cm³/mol. The van der Waals surface area contributed by atoms with Gasteiger partial charge in [0.1, 0.15) is 5.69 Å². The monoisotopic (exact) mass is 311 g/mol. The first-order chi connectivity index (χ1) is 10.7. The number of aliphatic hydroxyl groups excluding tert-OH is 3. The summed E-state index contributed by atoms with van der Waals surface area (Å²) in [5, 5.41) is 36.3. The zero-order chi connectivity index (χ0) is 15.9. The van der Waals surface area contributed by atoms with E-state index in [2.05, 4.69) is 17.2 Å². The van der Waals surface area contributed by atoms with Crippen LogP contribution in [0.3, 0.4) is 0 Å². The number of hydrogen-bond acceptors (Lipinski definition) is 5. The molecule has 1 heterocycles. The van der Waals surface area contributed by atoms with Crippen LogP contribution in [-0.2, 0) is 13.2 Å². The average molecular weight is 311 g/mol. The zero-order valence-electron chi connectivity index (χ0n) is 13.5. The highest BCUT2D eigenvalue weighted by Crippen LogP contribution is 2.38. The number of unbranched alkanes of at least 4 members (excludes halogenated alkanes) is 1. The van der Waals surface area contributed by atoms with Crippen molar-refractivity contribution in [2.75, 3.05) is 6.61 Å². The molecular formula is C16H29N3O3. The SMILES string of the molecule is CCCCC1CCC(c2c(CO)nnn2CC(O)CO)CC1. The Morgan fingerprint density at radius 2 is 1.95 bits per heavy atom. The van der Waals surface area contributed by atoms with Gasteiger partial charge in [0.15, 0.2) is 0 Å². The Bertz CT molecular complexity index is 442. The Morgan fingerprint density at radius 3 is 2.55 bits per heavy atom. The molecule has 1 aliphatic rings. The van der Waals surface area contributed by atoms with Gasteiger partial charge in [-0.05, 0) is 31.6 Å². The van der Waals surface area contributed by atoms with Crippen LogP contribution in [0.25, 0.3) is 0 Å². The summed E-state index contributed by atoms with van der Waals surface area (Å²) in [4.78, 5) is 0. The lowest BCUT2D eigenvalue weighted by atomic mass is 9.78. The molecule has 1 fully saturated rings. The number of aromatic nitrogens is 3. The van der Waals surface area contributed by atoms with E-state index in [4.69, 9.17) is 5.11 Å². The van der Waals surface area contributed by atoms with Crippen molar-refractivity contribution in [2.45, 2.75) is 77.0 Å². The zero-order valence-corrected chi connectivity index (χ0v) is 13.5. The van der Waals surface area contributed by atoms with Gasteiger partial charge >= 0.3 is 0 Å². The quantitative estimate of drug-likeness (QED) is 0.678. The van der Waals surface area contributed by atoms with Crippen molar-refractivity contribution in [2.24, 2.45) is 5.92 Å². The summed E-state index contributed by atoms with van der Waals surface area (Å²) >= 11 is 0. The highest BCUT2D eigenvalue weighted by molar-refractivity contribution is 5.16. The number of aliphatic hydroxyl groups is 3. The van der Waals surface area contributed by atoms with Crippen LogP contribution < -0.4 is 0 Å². The molecule has 0 aliphatic heterocycles. The highest BCUT2D eigenvalue weighted by atomic mass is 16.3. The summed E-state index contributed by atoms with van der Waals surface area (Å²) in [6.45, 7) is 2.04. The third kappa shape index (κ3) is 4.27. The molecule has 6 nitrogen and oxygen atoms in total. The second kappa shape index (κ2) is 8.60. The molecule has 1 aliphatic carbocycles. The van der Waals surface area contributed by atoms with Gasteiger partial charge in [0.25, 0.3) is 0 Å². The van der Waals surface area contributed by atoms with E-state index in [1.54, 1.807) is 4.68 Å². The second-order valence-corrected chi connectivity index (χ2v) is 6.46. The van der Waals surface area contributed by atoms with E-state index in [0.717, 1.165) is 24.5 Å². The van der Waals surface area contributed by atoms with Gasteiger partial charge in [-0.2, -0.15) is 0 Å². The van der Waals surface area contributed by atoms with E-state index >= 15 is 0 Å². The van der Waals surface area contributed by atoms with Crippen LogP contribution in [0, 0.1) is 5.92 Å². The van der Waals surface area contributed by atoms with Crippen molar-refractivity contribution in [3.05, 3.63) is 11.4 Å². The van der Waals surface area contributed by atoms with E-state index in [9.17, 15) is 10.2 Å². The molecule has 0 saturated heterocycles. The van der Waals surface area contributed by atoms with Crippen molar-refractivity contribution in [1.29, 1.82) is 0 Å². The predicted octanol–water partition coefficient (Wildman–Crippen LogP) is 1.59. The fraction of sp³-hybridized carbons (Fsp3) is 0.875. The van der Waals surface area contributed by atoms with Gasteiger partial charge in [0, 0.05) is 5.92 Å². The molecule has 0 radical (unpaired) electrons. The fourth-order valence-electron chi connectivity index (χ4n) is 3.52. The number of hydrogen-bond donors (Lipinski definition) is 3. The van der Waals surface area contributed by atoms with Crippen LogP contribution in [0.2, 0.25) is 0 Å². The molecule has 1 atom stereocenters. The average Bonchev–Trinajstić information content (AvgIpc) is 2.95. The minimum absolute atomic E-state index is 0.125. The lowest BCUT2D eigenvalue weighted by molar-refractivity contribution is 0.0763. The molecule has 1 saturated carbocycles. The van der Waals surface area contributed by atoms with Crippen molar-refractivity contribution in [3.8, 4) is 0 Å². The van der Waals surface area contributed by atoms with Crippen molar-refractivity contribution < 1.29 is 15.3 Å². The lowest BCUT2D eigenvalue weighted by Gasteiger charge is -2.29. The summed E-state index contributed by atoms with van der Waals surface area (Å²) in [7, 11) is 0. The molecule has 0 spiro atoms. The van der Waals surface area contributed by atoms with Gasteiger partial charge in [-0.1, -0.05) is 31.4 Å². The first-order valence-corrected chi connectivity index (χ1v) is 8.51. The Hall–Kier alpha value is -0.980. The third-order valence-corrected chi connectivity index (χ3v) is 4.79. The van der Waals surface area contributed by atoms with Crippen LogP contribution in [0.15, 0.2) is 0 Å². The largest absolute Gasteiger partial charge is 0.394 e. The molecule has 1 aromatic rings. The molecule has 0 bridgehead atoms. The lowest BCUT2D eigenvalue weighted by Crippen LogP contribution is -2.24. The van der Waals surface area contributed by atoms with Gasteiger partial charge < -0.3 is 15.3 Å². The Morgan fingerprint density at radius 1 is 1.23 bits per heavy atom. The normalized spacial score (nSPS) is 23.6. The van der Waals surface area contributed by atoms with E-state index in [1.165, 1.54) is 32.1 Å². The van der Waals surface area contributed by atoms with Crippen molar-refractivity contribution in [1.82, 2.24) is 15.0 Å². The van der Waals surface area contributed by atoms with Gasteiger partial charge in [0.2, 0.25) is 0 Å². The molecule has 2 rings (SSSR count). The third-order valence-electron chi connectivity index (χ3n) is 4.79. The van der Waals surface area contributed by atoms with Gasteiger partial charge in [-0.15, -0.1) is 5.10 Å². The number of nitrogens with zero attached hydrogens (tertiary/aromatic N) is 3. The summed E-state index contributed by atoms with van der Waals surface area (Å²) in [6.07, 6.45) is 7.63. The summed E-state index contributed by atoms with van der Waals surface area (Å²) in [5.74, 6) is 1.17. The summed E-state index contributed by atoms with van der Waals surface area (Å²) in [6, 6.07) is 0. The molecule has 126 valence electrons. The topological polar surface area (TPSA) is 91.4 Å². The standard InChI is InChI=1S/C16H29N3O3/c1-2-3-4-12-5-7-13(8-6-12)16-15(11-21)17-18-19(16)9-14(22)10-20/h12-14,20-22H,2-11H2,1H3. The second-order valence-electron chi connectivity index (χ2n) is 6.46. The van der Waals surface area contributed by atoms with Gasteiger partial charge in [0.05, 0.1) is 31.6 Å². The Kier molecular flexibility index (Phi) is 6.79. The van der Waals surface area contributed by atoms with E-state index in [1.807, 2.05) is 0 Å². The first kappa shape index (κ1) is 17.4. The van der Waals surface area contributed by atoms with Gasteiger partial charge in [-0.25, -0.2) is 4.68 Å². The maximum absolute atomic E-state index is 9.65.